The molecule has 2 aliphatic rings. The van der Waals surface area contributed by atoms with E-state index in [-0.39, 0.29) is 12.1 Å². The SMILES string of the molecule is COc1ccc(NC(=O)N[C@@H]2CCCC[C@H]2CN2CCCCC2)cc1. The van der Waals surface area contributed by atoms with Crippen LogP contribution in [0.2, 0.25) is 0 Å². The van der Waals surface area contributed by atoms with E-state index in [4.69, 9.17) is 4.74 Å². The van der Waals surface area contributed by atoms with Crippen LogP contribution >= 0.6 is 0 Å². The number of ether oxygens (including phenoxy) is 1. The van der Waals surface area contributed by atoms with Gasteiger partial charge in [0.15, 0.2) is 0 Å². The van der Waals surface area contributed by atoms with E-state index in [9.17, 15) is 4.79 Å². The minimum absolute atomic E-state index is 0.0966. The van der Waals surface area contributed by atoms with Gasteiger partial charge in [0.25, 0.3) is 0 Å². The Hall–Kier alpha value is -1.75. The molecule has 0 radical (unpaired) electrons. The lowest BCUT2D eigenvalue weighted by Crippen LogP contribution is -2.48. The van der Waals surface area contributed by atoms with Gasteiger partial charge in [-0.25, -0.2) is 4.79 Å². The first-order chi connectivity index (χ1) is 12.2. The van der Waals surface area contributed by atoms with Crippen molar-refractivity contribution in [2.45, 2.75) is 51.0 Å². The van der Waals surface area contributed by atoms with Gasteiger partial charge in [-0.3, -0.25) is 0 Å². The van der Waals surface area contributed by atoms with Crippen molar-refractivity contribution in [2.24, 2.45) is 5.92 Å². The maximum atomic E-state index is 12.4. The molecule has 1 aliphatic carbocycles. The fraction of sp³-hybridized carbons (Fsp3) is 0.650. The molecule has 1 saturated heterocycles. The van der Waals surface area contributed by atoms with Crippen molar-refractivity contribution in [3.63, 3.8) is 0 Å². The van der Waals surface area contributed by atoms with Gasteiger partial charge in [0.05, 0.1) is 7.11 Å². The summed E-state index contributed by atoms with van der Waals surface area (Å²) >= 11 is 0. The zero-order chi connectivity index (χ0) is 17.5. The predicted octanol–water partition coefficient (Wildman–Crippen LogP) is 3.86. The van der Waals surface area contributed by atoms with Crippen LogP contribution in [0, 0.1) is 5.92 Å². The van der Waals surface area contributed by atoms with E-state index in [1.807, 2.05) is 24.3 Å². The molecule has 1 heterocycles. The molecular formula is C20H31N3O2. The number of rotatable bonds is 5. The highest BCUT2D eigenvalue weighted by Crippen LogP contribution is 2.26. The fourth-order valence-corrected chi connectivity index (χ4v) is 4.10. The maximum Gasteiger partial charge on any atom is 0.319 e. The van der Waals surface area contributed by atoms with Crippen LogP contribution in [0.3, 0.4) is 0 Å². The van der Waals surface area contributed by atoms with E-state index >= 15 is 0 Å². The molecule has 0 spiro atoms. The van der Waals surface area contributed by atoms with E-state index in [0.29, 0.717) is 5.92 Å². The fourth-order valence-electron chi connectivity index (χ4n) is 4.10. The number of hydrogen-bond acceptors (Lipinski definition) is 3. The van der Waals surface area contributed by atoms with E-state index in [2.05, 4.69) is 15.5 Å². The minimum atomic E-state index is -0.0966. The number of anilines is 1. The van der Waals surface area contributed by atoms with Gasteiger partial charge in [0.2, 0.25) is 0 Å². The van der Waals surface area contributed by atoms with Gasteiger partial charge >= 0.3 is 6.03 Å². The van der Waals surface area contributed by atoms with Crippen LogP contribution in [-0.4, -0.2) is 43.7 Å². The summed E-state index contributed by atoms with van der Waals surface area (Å²) in [7, 11) is 1.64. The van der Waals surface area contributed by atoms with Crippen molar-refractivity contribution in [1.29, 1.82) is 0 Å². The number of urea groups is 1. The van der Waals surface area contributed by atoms with Crippen molar-refractivity contribution < 1.29 is 9.53 Å². The molecule has 2 fully saturated rings. The molecule has 1 aromatic carbocycles. The maximum absolute atomic E-state index is 12.4. The molecule has 2 amide bonds. The van der Waals surface area contributed by atoms with Crippen LogP contribution in [0.1, 0.15) is 44.9 Å². The van der Waals surface area contributed by atoms with Gasteiger partial charge < -0.3 is 20.3 Å². The molecule has 2 N–H and O–H groups in total. The summed E-state index contributed by atoms with van der Waals surface area (Å²) in [5.74, 6) is 1.37. The number of nitrogens with zero attached hydrogens (tertiary/aromatic N) is 1. The Balaban J connectivity index is 1.51. The van der Waals surface area contributed by atoms with Crippen molar-refractivity contribution in [2.75, 3.05) is 32.1 Å². The first kappa shape index (κ1) is 18.1. The molecule has 0 bridgehead atoms. The number of carbonyl (C=O) groups excluding carboxylic acids is 1. The summed E-state index contributed by atoms with van der Waals surface area (Å²) < 4.78 is 5.15. The zero-order valence-corrected chi connectivity index (χ0v) is 15.3. The lowest BCUT2D eigenvalue weighted by Gasteiger charge is -2.37. The Bertz CT molecular complexity index is 540. The molecule has 2 atom stereocenters. The van der Waals surface area contributed by atoms with Crippen LogP contribution in [-0.2, 0) is 0 Å². The lowest BCUT2D eigenvalue weighted by molar-refractivity contribution is 0.150. The highest BCUT2D eigenvalue weighted by molar-refractivity contribution is 5.89. The Morgan fingerprint density at radius 1 is 1.08 bits per heavy atom. The van der Waals surface area contributed by atoms with Crippen LogP contribution in [0.25, 0.3) is 0 Å². The largest absolute Gasteiger partial charge is 0.497 e. The Morgan fingerprint density at radius 3 is 2.52 bits per heavy atom. The number of likely N-dealkylation sites (tertiary alicyclic amines) is 1. The highest BCUT2D eigenvalue weighted by Gasteiger charge is 2.28. The van der Waals surface area contributed by atoms with Gasteiger partial charge in [-0.2, -0.15) is 0 Å². The van der Waals surface area contributed by atoms with Gasteiger partial charge in [0.1, 0.15) is 5.75 Å². The smallest absolute Gasteiger partial charge is 0.319 e. The molecular weight excluding hydrogens is 314 g/mol. The first-order valence-electron chi connectivity index (χ1n) is 9.68. The predicted molar refractivity (Wildman–Crippen MR) is 101 cm³/mol. The molecule has 138 valence electrons. The number of hydrogen-bond donors (Lipinski definition) is 2. The molecule has 5 nitrogen and oxygen atoms in total. The molecule has 25 heavy (non-hydrogen) atoms. The molecule has 0 aromatic heterocycles. The summed E-state index contributed by atoms with van der Waals surface area (Å²) in [6, 6.07) is 7.63. The summed E-state index contributed by atoms with van der Waals surface area (Å²) in [6.45, 7) is 3.58. The third-order valence-corrected chi connectivity index (χ3v) is 5.51. The molecule has 1 aromatic rings. The van der Waals surface area contributed by atoms with Crippen LogP contribution in [0.5, 0.6) is 5.75 Å². The number of carbonyl (C=O) groups is 1. The van der Waals surface area contributed by atoms with Crippen molar-refractivity contribution in [3.05, 3.63) is 24.3 Å². The third-order valence-electron chi connectivity index (χ3n) is 5.51. The second-order valence-corrected chi connectivity index (χ2v) is 7.34. The Labute approximate surface area is 151 Å². The number of amides is 2. The van der Waals surface area contributed by atoms with Crippen LogP contribution < -0.4 is 15.4 Å². The molecule has 0 unspecified atom stereocenters. The monoisotopic (exact) mass is 345 g/mol. The normalized spacial score (nSPS) is 24.5. The number of benzene rings is 1. The third kappa shape index (κ3) is 5.36. The van der Waals surface area contributed by atoms with E-state index in [0.717, 1.165) is 24.4 Å². The summed E-state index contributed by atoms with van der Waals surface area (Å²) in [6.07, 6.45) is 8.83. The second kappa shape index (κ2) is 9.09. The Morgan fingerprint density at radius 2 is 1.80 bits per heavy atom. The minimum Gasteiger partial charge on any atom is -0.497 e. The van der Waals surface area contributed by atoms with Crippen LogP contribution in [0.15, 0.2) is 24.3 Å². The number of piperidine rings is 1. The van der Waals surface area contributed by atoms with Crippen molar-refractivity contribution in [3.8, 4) is 5.75 Å². The zero-order valence-electron chi connectivity index (χ0n) is 15.3. The molecule has 1 saturated carbocycles. The van der Waals surface area contributed by atoms with Crippen molar-refractivity contribution >= 4 is 11.7 Å². The summed E-state index contributed by atoms with van der Waals surface area (Å²) in [5, 5.41) is 6.17. The lowest BCUT2D eigenvalue weighted by atomic mass is 9.84. The molecule has 1 aliphatic heterocycles. The quantitative estimate of drug-likeness (QED) is 0.852. The second-order valence-electron chi connectivity index (χ2n) is 7.34. The topological polar surface area (TPSA) is 53.6 Å². The Kier molecular flexibility index (Phi) is 6.56. The van der Waals surface area contributed by atoms with E-state index < -0.39 is 0 Å². The van der Waals surface area contributed by atoms with Gasteiger partial charge in [-0.05, 0) is 69.0 Å². The van der Waals surface area contributed by atoms with Crippen molar-refractivity contribution in [1.82, 2.24) is 10.2 Å². The summed E-state index contributed by atoms with van der Waals surface area (Å²) in [5.41, 5.74) is 0.793. The van der Waals surface area contributed by atoms with Gasteiger partial charge in [0, 0.05) is 18.3 Å². The van der Waals surface area contributed by atoms with Gasteiger partial charge in [-0.1, -0.05) is 19.3 Å². The first-order valence-corrected chi connectivity index (χ1v) is 9.68. The average molecular weight is 345 g/mol. The highest BCUT2D eigenvalue weighted by atomic mass is 16.5. The molecule has 3 rings (SSSR count). The standard InChI is InChI=1S/C20H31N3O2/c1-25-18-11-9-17(10-12-18)21-20(24)22-19-8-4-3-7-16(19)15-23-13-5-2-6-14-23/h9-12,16,19H,2-8,13-15H2,1H3,(H2,21,22,24)/t16-,19+/m0/s1. The average Bonchev–Trinajstić information content (AvgIpc) is 2.65. The van der Waals surface area contributed by atoms with Gasteiger partial charge in [-0.15, -0.1) is 0 Å². The summed E-state index contributed by atoms with van der Waals surface area (Å²) in [4.78, 5) is 15.0. The van der Waals surface area contributed by atoms with E-state index in [1.165, 1.54) is 51.6 Å². The van der Waals surface area contributed by atoms with Crippen LogP contribution in [0.4, 0.5) is 10.5 Å². The number of methoxy groups -OCH3 is 1. The van der Waals surface area contributed by atoms with E-state index in [1.54, 1.807) is 7.11 Å². The number of nitrogens with one attached hydrogen (secondary N) is 2. The molecule has 5 heteroatoms.